The number of halogens is 2. The van der Waals surface area contributed by atoms with Gasteiger partial charge >= 0.3 is 0 Å². The largest absolute Gasteiger partial charge is 0.339 e. The molecule has 1 saturated carbocycles. The van der Waals surface area contributed by atoms with Crippen LogP contribution >= 0.6 is 0 Å². The molecular weight excluding hydrogens is 252 g/mol. The zero-order valence-electron chi connectivity index (χ0n) is 10.2. The fraction of sp³-hybridized carbons (Fsp3) is 0.385. The second kappa shape index (κ2) is 5.05. The Morgan fingerprint density at radius 1 is 1.32 bits per heavy atom. The molecular formula is C13H13F2N3O. The maximum Gasteiger partial charge on any atom is 0.231 e. The molecule has 0 saturated heterocycles. The van der Waals surface area contributed by atoms with Gasteiger partial charge in [-0.25, -0.2) is 8.78 Å². The number of rotatable bonds is 5. The topological polar surface area (TPSA) is 51.0 Å². The van der Waals surface area contributed by atoms with E-state index in [-0.39, 0.29) is 17.9 Å². The van der Waals surface area contributed by atoms with Crippen molar-refractivity contribution in [1.29, 1.82) is 0 Å². The molecule has 1 N–H and O–H groups in total. The van der Waals surface area contributed by atoms with Gasteiger partial charge in [0.25, 0.3) is 0 Å². The van der Waals surface area contributed by atoms with Crippen molar-refractivity contribution in [3.63, 3.8) is 0 Å². The first-order valence-corrected chi connectivity index (χ1v) is 6.20. The van der Waals surface area contributed by atoms with Crippen molar-refractivity contribution in [2.24, 2.45) is 0 Å². The molecule has 1 aromatic heterocycles. The molecule has 1 heterocycles. The van der Waals surface area contributed by atoms with Crippen LogP contribution in [-0.4, -0.2) is 16.2 Å². The lowest BCUT2D eigenvalue weighted by molar-refractivity contribution is 0.375. The van der Waals surface area contributed by atoms with E-state index in [9.17, 15) is 8.78 Å². The van der Waals surface area contributed by atoms with Gasteiger partial charge in [0.15, 0.2) is 17.5 Å². The van der Waals surface area contributed by atoms with Crippen LogP contribution in [0.2, 0.25) is 0 Å². The molecule has 1 aromatic carbocycles. The second-order valence-electron chi connectivity index (χ2n) is 4.65. The number of nitrogens with one attached hydrogen (secondary N) is 1. The van der Waals surface area contributed by atoms with Gasteiger partial charge in [-0.3, -0.25) is 0 Å². The molecule has 1 fully saturated rings. The molecule has 0 amide bonds. The fourth-order valence-corrected chi connectivity index (χ4v) is 1.80. The van der Waals surface area contributed by atoms with Crippen molar-refractivity contribution >= 4 is 0 Å². The van der Waals surface area contributed by atoms with Crippen LogP contribution in [0.4, 0.5) is 8.78 Å². The number of nitrogens with zero attached hydrogens (tertiary/aromatic N) is 2. The maximum absolute atomic E-state index is 13.5. The van der Waals surface area contributed by atoms with Crippen molar-refractivity contribution in [2.75, 3.05) is 0 Å². The van der Waals surface area contributed by atoms with Gasteiger partial charge < -0.3 is 9.84 Å². The zero-order chi connectivity index (χ0) is 13.2. The Balaban J connectivity index is 1.67. The summed E-state index contributed by atoms with van der Waals surface area (Å²) in [6.07, 6.45) is 2.46. The van der Waals surface area contributed by atoms with Crippen LogP contribution in [0.5, 0.6) is 0 Å². The smallest absolute Gasteiger partial charge is 0.231 e. The monoisotopic (exact) mass is 265 g/mol. The van der Waals surface area contributed by atoms with Crippen molar-refractivity contribution in [3.8, 4) is 0 Å². The van der Waals surface area contributed by atoms with Gasteiger partial charge in [-0.1, -0.05) is 17.3 Å². The molecule has 0 bridgehead atoms. The SMILES string of the molecule is Fc1cccc(Cc2nc(CNC3CC3)no2)c1F. The van der Waals surface area contributed by atoms with Gasteiger partial charge in [0.1, 0.15) is 0 Å². The first-order valence-electron chi connectivity index (χ1n) is 6.20. The van der Waals surface area contributed by atoms with E-state index in [4.69, 9.17) is 4.52 Å². The standard InChI is InChI=1S/C13H13F2N3O/c14-10-3-1-2-8(13(10)15)6-12-17-11(18-19-12)7-16-9-4-5-9/h1-3,9,16H,4-7H2. The second-order valence-corrected chi connectivity index (χ2v) is 4.65. The number of benzene rings is 1. The van der Waals surface area contributed by atoms with E-state index in [1.54, 1.807) is 0 Å². The normalized spacial score (nSPS) is 14.8. The highest BCUT2D eigenvalue weighted by molar-refractivity contribution is 5.21. The van der Waals surface area contributed by atoms with E-state index in [0.717, 1.165) is 6.07 Å². The lowest BCUT2D eigenvalue weighted by Crippen LogP contribution is -2.16. The van der Waals surface area contributed by atoms with Gasteiger partial charge in [0, 0.05) is 11.6 Å². The summed E-state index contributed by atoms with van der Waals surface area (Å²) < 4.78 is 31.6. The summed E-state index contributed by atoms with van der Waals surface area (Å²) in [6.45, 7) is 0.541. The van der Waals surface area contributed by atoms with Gasteiger partial charge in [-0.15, -0.1) is 0 Å². The molecule has 0 aliphatic heterocycles. The molecule has 1 aliphatic carbocycles. The Morgan fingerprint density at radius 2 is 2.16 bits per heavy atom. The van der Waals surface area contributed by atoms with Crippen LogP contribution in [-0.2, 0) is 13.0 Å². The van der Waals surface area contributed by atoms with E-state index in [0.29, 0.717) is 18.4 Å². The molecule has 1 aliphatic rings. The van der Waals surface area contributed by atoms with E-state index >= 15 is 0 Å². The fourth-order valence-electron chi connectivity index (χ4n) is 1.80. The molecule has 100 valence electrons. The van der Waals surface area contributed by atoms with Crippen molar-refractivity contribution in [2.45, 2.75) is 31.8 Å². The van der Waals surface area contributed by atoms with E-state index in [2.05, 4.69) is 15.5 Å². The van der Waals surface area contributed by atoms with Gasteiger partial charge in [0.05, 0.1) is 13.0 Å². The third-order valence-electron chi connectivity index (χ3n) is 3.01. The van der Waals surface area contributed by atoms with Crippen LogP contribution in [0, 0.1) is 11.6 Å². The first kappa shape index (κ1) is 12.2. The van der Waals surface area contributed by atoms with Crippen LogP contribution in [0.15, 0.2) is 22.7 Å². The predicted octanol–water partition coefficient (Wildman–Crippen LogP) is 2.19. The molecule has 6 heteroatoms. The average molecular weight is 265 g/mol. The van der Waals surface area contributed by atoms with E-state index in [1.165, 1.54) is 25.0 Å². The van der Waals surface area contributed by atoms with Gasteiger partial charge in [-0.2, -0.15) is 4.98 Å². The van der Waals surface area contributed by atoms with Crippen LogP contribution in [0.25, 0.3) is 0 Å². The number of aromatic nitrogens is 2. The molecule has 0 unspecified atom stereocenters. The summed E-state index contributed by atoms with van der Waals surface area (Å²) in [4.78, 5) is 4.15. The highest BCUT2D eigenvalue weighted by Gasteiger charge is 2.21. The summed E-state index contributed by atoms with van der Waals surface area (Å²) in [7, 11) is 0. The maximum atomic E-state index is 13.5. The minimum atomic E-state index is -0.868. The summed E-state index contributed by atoms with van der Waals surface area (Å²) >= 11 is 0. The van der Waals surface area contributed by atoms with E-state index in [1.807, 2.05) is 0 Å². The number of hydrogen-bond acceptors (Lipinski definition) is 4. The molecule has 19 heavy (non-hydrogen) atoms. The van der Waals surface area contributed by atoms with Crippen molar-refractivity contribution < 1.29 is 13.3 Å². The van der Waals surface area contributed by atoms with E-state index < -0.39 is 11.6 Å². The summed E-state index contributed by atoms with van der Waals surface area (Å²) in [5.41, 5.74) is 0.213. The quantitative estimate of drug-likeness (QED) is 0.900. The summed E-state index contributed by atoms with van der Waals surface area (Å²) in [5.74, 6) is -0.901. The predicted molar refractivity (Wildman–Crippen MR) is 63.3 cm³/mol. The van der Waals surface area contributed by atoms with Crippen LogP contribution in [0.1, 0.15) is 30.1 Å². The third kappa shape index (κ3) is 2.96. The summed E-state index contributed by atoms with van der Waals surface area (Å²) in [6, 6.07) is 4.60. The number of hydrogen-bond donors (Lipinski definition) is 1. The highest BCUT2D eigenvalue weighted by atomic mass is 19.2. The average Bonchev–Trinajstić information content (AvgIpc) is 3.13. The Hall–Kier alpha value is -1.82. The molecule has 2 aromatic rings. The first-order chi connectivity index (χ1) is 9.22. The zero-order valence-corrected chi connectivity index (χ0v) is 10.2. The Kier molecular flexibility index (Phi) is 3.25. The van der Waals surface area contributed by atoms with Gasteiger partial charge in [0.2, 0.25) is 5.89 Å². The third-order valence-corrected chi connectivity index (χ3v) is 3.01. The highest BCUT2D eigenvalue weighted by Crippen LogP contribution is 2.19. The van der Waals surface area contributed by atoms with Crippen molar-refractivity contribution in [1.82, 2.24) is 15.5 Å². The lowest BCUT2D eigenvalue weighted by Gasteiger charge is -1.99. The summed E-state index contributed by atoms with van der Waals surface area (Å²) in [5, 5.41) is 7.05. The molecule has 0 atom stereocenters. The molecule has 3 rings (SSSR count). The Labute approximate surface area is 108 Å². The van der Waals surface area contributed by atoms with Gasteiger partial charge in [-0.05, 0) is 18.9 Å². The van der Waals surface area contributed by atoms with Crippen LogP contribution < -0.4 is 5.32 Å². The molecule has 0 spiro atoms. The molecule has 4 nitrogen and oxygen atoms in total. The Bertz CT molecular complexity index is 581. The minimum Gasteiger partial charge on any atom is -0.339 e. The molecule has 0 radical (unpaired) electrons. The lowest BCUT2D eigenvalue weighted by atomic mass is 10.1. The Morgan fingerprint density at radius 3 is 2.95 bits per heavy atom. The minimum absolute atomic E-state index is 0.0972. The van der Waals surface area contributed by atoms with Crippen molar-refractivity contribution in [3.05, 3.63) is 47.1 Å². The van der Waals surface area contributed by atoms with Crippen LogP contribution in [0.3, 0.4) is 0 Å².